The first-order valence-electron chi connectivity index (χ1n) is 9.07. The molecule has 2 saturated heterocycles. The molecule has 2 fully saturated rings. The van der Waals surface area contributed by atoms with E-state index in [0.29, 0.717) is 31.6 Å². The van der Waals surface area contributed by atoms with Gasteiger partial charge >= 0.3 is 6.03 Å². The summed E-state index contributed by atoms with van der Waals surface area (Å²) < 4.78 is 0. The summed E-state index contributed by atoms with van der Waals surface area (Å²) in [6.45, 7) is 5.48. The third-order valence-electron chi connectivity index (χ3n) is 5.16. The number of benzene rings is 1. The van der Waals surface area contributed by atoms with Crippen LogP contribution in [0.1, 0.15) is 44.7 Å². The van der Waals surface area contributed by atoms with Crippen LogP contribution in [-0.2, 0) is 9.59 Å². The molecule has 0 spiro atoms. The van der Waals surface area contributed by atoms with Gasteiger partial charge in [-0.1, -0.05) is 30.3 Å². The average Bonchev–Trinajstić information content (AvgIpc) is 2.90. The van der Waals surface area contributed by atoms with E-state index in [9.17, 15) is 14.4 Å². The molecule has 0 radical (unpaired) electrons. The third-order valence-corrected chi connectivity index (χ3v) is 5.16. The van der Waals surface area contributed by atoms with Crippen molar-refractivity contribution in [3.05, 3.63) is 35.9 Å². The highest BCUT2D eigenvalue weighted by Crippen LogP contribution is 2.34. The fourth-order valence-electron chi connectivity index (χ4n) is 3.79. The monoisotopic (exact) mass is 343 g/mol. The van der Waals surface area contributed by atoms with Gasteiger partial charge in [-0.15, -0.1) is 0 Å². The fourth-order valence-corrected chi connectivity index (χ4v) is 3.79. The topological polar surface area (TPSA) is 60.9 Å². The molecule has 0 bridgehead atoms. The van der Waals surface area contributed by atoms with Crippen LogP contribution < -0.4 is 0 Å². The number of hydrogen-bond donors (Lipinski definition) is 0. The lowest BCUT2D eigenvalue weighted by Crippen LogP contribution is -2.46. The molecule has 1 aromatic carbocycles. The van der Waals surface area contributed by atoms with Crippen molar-refractivity contribution in [2.24, 2.45) is 0 Å². The van der Waals surface area contributed by atoms with Crippen molar-refractivity contribution in [1.29, 1.82) is 0 Å². The highest BCUT2D eigenvalue weighted by atomic mass is 16.2. The van der Waals surface area contributed by atoms with E-state index in [1.165, 1.54) is 4.90 Å². The summed E-state index contributed by atoms with van der Waals surface area (Å²) in [6, 6.07) is 7.52. The zero-order chi connectivity index (χ0) is 18.0. The highest BCUT2D eigenvalue weighted by molar-refractivity contribution is 6.07. The molecule has 134 valence electrons. The molecule has 6 heteroatoms. The Morgan fingerprint density at radius 2 is 1.84 bits per heavy atom. The van der Waals surface area contributed by atoms with Crippen LogP contribution in [0.4, 0.5) is 4.79 Å². The summed E-state index contributed by atoms with van der Waals surface area (Å²) in [4.78, 5) is 43.6. The quantitative estimate of drug-likeness (QED) is 0.772. The van der Waals surface area contributed by atoms with Gasteiger partial charge in [-0.3, -0.25) is 9.59 Å². The fraction of sp³-hybridized carbons (Fsp3) is 0.526. The Morgan fingerprint density at radius 1 is 1.16 bits per heavy atom. The number of hydrogen-bond acceptors (Lipinski definition) is 3. The Balaban J connectivity index is 2.01. The maximum absolute atomic E-state index is 13.2. The first kappa shape index (κ1) is 17.5. The summed E-state index contributed by atoms with van der Waals surface area (Å²) in [5.41, 5.74) is 0.681. The summed E-state index contributed by atoms with van der Waals surface area (Å²) in [7, 11) is 0. The molecule has 0 unspecified atom stereocenters. The number of nitrogens with zero attached hydrogens (tertiary/aromatic N) is 3. The van der Waals surface area contributed by atoms with Gasteiger partial charge in [0.05, 0.1) is 0 Å². The molecule has 3 rings (SSSR count). The minimum absolute atomic E-state index is 0.197. The van der Waals surface area contributed by atoms with E-state index in [1.807, 2.05) is 44.2 Å². The predicted octanol–water partition coefficient (Wildman–Crippen LogP) is 2.41. The summed E-state index contributed by atoms with van der Waals surface area (Å²) in [5.74, 6) is -0.434. The van der Waals surface area contributed by atoms with Crippen molar-refractivity contribution in [3.8, 4) is 0 Å². The number of rotatable bonds is 5. The van der Waals surface area contributed by atoms with E-state index in [2.05, 4.69) is 0 Å². The van der Waals surface area contributed by atoms with Gasteiger partial charge in [0.15, 0.2) is 0 Å². The maximum Gasteiger partial charge on any atom is 0.328 e. The van der Waals surface area contributed by atoms with Gasteiger partial charge in [-0.2, -0.15) is 0 Å². The second kappa shape index (κ2) is 7.25. The Kier molecular flexibility index (Phi) is 5.06. The molecule has 25 heavy (non-hydrogen) atoms. The number of amides is 4. The van der Waals surface area contributed by atoms with Gasteiger partial charge in [-0.25, -0.2) is 9.69 Å². The van der Waals surface area contributed by atoms with Crippen molar-refractivity contribution in [3.63, 3.8) is 0 Å². The molecule has 1 aromatic rings. The molecule has 2 heterocycles. The lowest BCUT2D eigenvalue weighted by molar-refractivity contribution is -0.142. The van der Waals surface area contributed by atoms with E-state index >= 15 is 0 Å². The van der Waals surface area contributed by atoms with E-state index in [0.717, 1.165) is 12.8 Å². The van der Waals surface area contributed by atoms with Gasteiger partial charge in [0.1, 0.15) is 12.1 Å². The molecule has 6 nitrogen and oxygen atoms in total. The number of imide groups is 1. The Bertz CT molecular complexity index is 633. The molecule has 0 saturated carbocycles. The summed E-state index contributed by atoms with van der Waals surface area (Å²) in [5, 5.41) is 0. The van der Waals surface area contributed by atoms with Crippen LogP contribution in [0, 0.1) is 0 Å². The van der Waals surface area contributed by atoms with Crippen LogP contribution in [0.2, 0.25) is 0 Å². The zero-order valence-electron chi connectivity index (χ0n) is 14.9. The number of piperidine rings is 1. The van der Waals surface area contributed by atoms with Crippen LogP contribution >= 0.6 is 0 Å². The molecule has 0 aromatic heterocycles. The molecule has 2 aliphatic heterocycles. The van der Waals surface area contributed by atoms with Crippen molar-refractivity contribution in [2.45, 2.75) is 45.2 Å². The number of fused-ring (bicyclic) bond motifs is 1. The van der Waals surface area contributed by atoms with Gasteiger partial charge < -0.3 is 9.80 Å². The van der Waals surface area contributed by atoms with Crippen LogP contribution in [-0.4, -0.2) is 58.2 Å². The van der Waals surface area contributed by atoms with E-state index in [1.54, 1.807) is 9.80 Å². The molecular formula is C19H25N3O3. The smallest absolute Gasteiger partial charge is 0.328 e. The molecule has 0 N–H and O–H groups in total. The largest absolute Gasteiger partial charge is 0.341 e. The SMILES string of the molecule is CCN(CC)C(=O)[C@H](c1ccccc1)N1C(=O)[C@@H]2CCCCN2C1=O. The molecule has 2 aliphatic rings. The Morgan fingerprint density at radius 3 is 2.44 bits per heavy atom. The van der Waals surface area contributed by atoms with Crippen molar-refractivity contribution in [1.82, 2.24) is 14.7 Å². The highest BCUT2D eigenvalue weighted by Gasteiger charge is 2.51. The van der Waals surface area contributed by atoms with Crippen LogP contribution in [0.25, 0.3) is 0 Å². The standard InChI is InChI=1S/C19H25N3O3/c1-3-20(4-2)18(24)16(14-10-6-5-7-11-14)22-17(23)15-12-8-9-13-21(15)19(22)25/h5-7,10-11,15-16H,3-4,8-9,12-13H2,1-2H3/t15-,16-/m0/s1. The van der Waals surface area contributed by atoms with E-state index in [4.69, 9.17) is 0 Å². The minimum Gasteiger partial charge on any atom is -0.341 e. The molecule has 4 amide bonds. The van der Waals surface area contributed by atoms with Gasteiger partial charge in [0, 0.05) is 19.6 Å². The first-order valence-corrected chi connectivity index (χ1v) is 9.07. The summed E-state index contributed by atoms with van der Waals surface area (Å²) >= 11 is 0. The normalized spacial score (nSPS) is 21.3. The molecular weight excluding hydrogens is 318 g/mol. The Labute approximate surface area is 148 Å². The number of carbonyl (C=O) groups excluding carboxylic acids is 3. The van der Waals surface area contributed by atoms with E-state index < -0.39 is 12.1 Å². The van der Waals surface area contributed by atoms with E-state index in [-0.39, 0.29) is 17.8 Å². The van der Waals surface area contributed by atoms with Crippen LogP contribution in [0.15, 0.2) is 30.3 Å². The number of likely N-dealkylation sites (N-methyl/N-ethyl adjacent to an activating group) is 1. The van der Waals surface area contributed by atoms with Gasteiger partial charge in [0.25, 0.3) is 11.8 Å². The Hall–Kier alpha value is -2.37. The maximum atomic E-state index is 13.2. The average molecular weight is 343 g/mol. The third kappa shape index (κ3) is 3.01. The van der Waals surface area contributed by atoms with Crippen molar-refractivity contribution in [2.75, 3.05) is 19.6 Å². The lowest BCUT2D eigenvalue weighted by Gasteiger charge is -2.30. The first-order chi connectivity index (χ1) is 12.1. The minimum atomic E-state index is -0.883. The number of urea groups is 1. The van der Waals surface area contributed by atoms with Gasteiger partial charge in [0.2, 0.25) is 0 Å². The van der Waals surface area contributed by atoms with Crippen molar-refractivity contribution < 1.29 is 14.4 Å². The second-order valence-corrected chi connectivity index (χ2v) is 6.52. The predicted molar refractivity (Wildman–Crippen MR) is 93.7 cm³/mol. The molecule has 0 aliphatic carbocycles. The second-order valence-electron chi connectivity index (χ2n) is 6.52. The zero-order valence-corrected chi connectivity index (χ0v) is 14.9. The molecule has 2 atom stereocenters. The number of carbonyl (C=O) groups is 3. The van der Waals surface area contributed by atoms with Crippen LogP contribution in [0.5, 0.6) is 0 Å². The van der Waals surface area contributed by atoms with Crippen molar-refractivity contribution >= 4 is 17.8 Å². The van der Waals surface area contributed by atoms with Gasteiger partial charge in [-0.05, 0) is 38.7 Å². The lowest BCUT2D eigenvalue weighted by atomic mass is 10.0. The van der Waals surface area contributed by atoms with Crippen LogP contribution in [0.3, 0.4) is 0 Å². The summed E-state index contributed by atoms with van der Waals surface area (Å²) in [6.07, 6.45) is 2.53.